The van der Waals surface area contributed by atoms with Gasteiger partial charge in [0.25, 0.3) is 0 Å². The zero-order valence-corrected chi connectivity index (χ0v) is 11.2. The van der Waals surface area contributed by atoms with E-state index in [-0.39, 0.29) is 6.10 Å². The van der Waals surface area contributed by atoms with Gasteiger partial charge < -0.3 is 5.11 Å². The van der Waals surface area contributed by atoms with Crippen molar-refractivity contribution in [2.45, 2.75) is 57.0 Å². The molecule has 4 bridgehead atoms. The molecule has 0 aliphatic heterocycles. The lowest BCUT2D eigenvalue weighted by Crippen LogP contribution is -2.56. The summed E-state index contributed by atoms with van der Waals surface area (Å²) >= 11 is 0. The van der Waals surface area contributed by atoms with Crippen LogP contribution in [-0.2, 0) is 0 Å². The Balaban J connectivity index is 1.92. The normalized spacial score (nSPS) is 53.6. The molecular weight excluding hydrogens is 200 g/mol. The first-order chi connectivity index (χ1) is 6.97. The second kappa shape index (κ2) is 3.10. The molecule has 4 aliphatic rings. The van der Waals surface area contributed by atoms with Crippen LogP contribution in [0.1, 0.15) is 25.7 Å². The molecule has 15 heavy (non-hydrogen) atoms. The summed E-state index contributed by atoms with van der Waals surface area (Å²) < 4.78 is 0. The van der Waals surface area contributed by atoms with Crippen LogP contribution in [0.3, 0.4) is 0 Å². The number of hydrogen-bond donors (Lipinski definition) is 1. The molecule has 4 fully saturated rings. The Kier molecular flexibility index (Phi) is 2.14. The van der Waals surface area contributed by atoms with E-state index in [0.29, 0.717) is 11.8 Å². The molecule has 1 N–H and O–H groups in total. The summed E-state index contributed by atoms with van der Waals surface area (Å²) in [5, 5.41) is 10.4. The van der Waals surface area contributed by atoms with Crippen LogP contribution >= 0.6 is 0 Å². The van der Waals surface area contributed by atoms with Crippen LogP contribution in [0.25, 0.3) is 0 Å². The highest BCUT2D eigenvalue weighted by atomic mass is 28.3. The molecule has 0 amide bonds. The highest BCUT2D eigenvalue weighted by Gasteiger charge is 2.55. The third-order valence-electron chi connectivity index (χ3n) is 5.37. The van der Waals surface area contributed by atoms with Crippen molar-refractivity contribution in [1.29, 1.82) is 0 Å². The molecule has 86 valence electrons. The van der Waals surface area contributed by atoms with Gasteiger partial charge >= 0.3 is 0 Å². The van der Waals surface area contributed by atoms with Crippen molar-refractivity contribution in [1.82, 2.24) is 0 Å². The summed E-state index contributed by atoms with van der Waals surface area (Å²) in [6.07, 6.45) is 5.60. The Hall–Kier alpha value is 0.177. The van der Waals surface area contributed by atoms with Gasteiger partial charge in [0.1, 0.15) is 0 Å². The molecule has 0 spiro atoms. The fraction of sp³-hybridized carbons (Fsp3) is 1.00. The minimum absolute atomic E-state index is 0.0644. The third-order valence-corrected chi connectivity index (χ3v) is 8.27. The first kappa shape index (κ1) is 10.3. The van der Waals surface area contributed by atoms with E-state index in [1.165, 1.54) is 25.7 Å². The van der Waals surface area contributed by atoms with Gasteiger partial charge in [-0.3, -0.25) is 0 Å². The van der Waals surface area contributed by atoms with Crippen molar-refractivity contribution in [2.24, 2.45) is 23.7 Å². The SMILES string of the molecule is C[Si](C)(C)[C@H]1C2CC3CC(C2)[C@@H](O)C1C3. The molecule has 6 atom stereocenters. The quantitative estimate of drug-likeness (QED) is 0.679. The highest BCUT2D eigenvalue weighted by molar-refractivity contribution is 6.77. The smallest absolute Gasteiger partial charge is 0.0596 e. The zero-order chi connectivity index (χ0) is 10.8. The highest BCUT2D eigenvalue weighted by Crippen LogP contribution is 2.61. The van der Waals surface area contributed by atoms with E-state index in [1.54, 1.807) is 0 Å². The molecular formula is C13H24OSi. The minimum atomic E-state index is -1.06. The Labute approximate surface area is 94.3 Å². The predicted octanol–water partition coefficient (Wildman–Crippen LogP) is 3.12. The summed E-state index contributed by atoms with van der Waals surface area (Å²) in [5.74, 6) is 3.34. The van der Waals surface area contributed by atoms with Gasteiger partial charge in [-0.1, -0.05) is 19.6 Å². The molecule has 4 rings (SSSR count). The van der Waals surface area contributed by atoms with E-state index in [4.69, 9.17) is 0 Å². The van der Waals surface area contributed by atoms with Crippen molar-refractivity contribution in [3.63, 3.8) is 0 Å². The standard InChI is InChI=1S/C13H24OSi/c1-15(2,3)13-10-5-8-4-9(7-10)12(14)11(13)6-8/h8-14H,4-7H2,1-3H3/t8?,9?,10?,11?,12-,13+/m1/s1. The summed E-state index contributed by atoms with van der Waals surface area (Å²) in [6, 6.07) is 0. The first-order valence-electron chi connectivity index (χ1n) is 6.65. The maximum atomic E-state index is 10.4. The number of aliphatic hydroxyl groups excluding tert-OH is 1. The summed E-state index contributed by atoms with van der Waals surface area (Å²) in [6.45, 7) is 7.52. The van der Waals surface area contributed by atoms with Crippen LogP contribution < -0.4 is 0 Å². The first-order valence-corrected chi connectivity index (χ1v) is 10.2. The van der Waals surface area contributed by atoms with Gasteiger partial charge in [-0.25, -0.2) is 0 Å². The topological polar surface area (TPSA) is 20.2 Å². The second-order valence-corrected chi connectivity index (χ2v) is 12.8. The largest absolute Gasteiger partial charge is 0.393 e. The average molecular weight is 224 g/mol. The Morgan fingerprint density at radius 2 is 1.60 bits per heavy atom. The van der Waals surface area contributed by atoms with Gasteiger partial charge in [0.05, 0.1) is 6.10 Å². The molecule has 4 aliphatic carbocycles. The van der Waals surface area contributed by atoms with Crippen molar-refractivity contribution in [3.05, 3.63) is 0 Å². The van der Waals surface area contributed by atoms with E-state index in [2.05, 4.69) is 19.6 Å². The van der Waals surface area contributed by atoms with Crippen LogP contribution in [0.2, 0.25) is 25.2 Å². The molecule has 4 saturated carbocycles. The lowest BCUT2D eigenvalue weighted by Gasteiger charge is -2.60. The Bertz CT molecular complexity index is 270. The summed E-state index contributed by atoms with van der Waals surface area (Å²) in [4.78, 5) is 0. The number of rotatable bonds is 1. The fourth-order valence-corrected chi connectivity index (χ4v) is 8.53. The summed E-state index contributed by atoms with van der Waals surface area (Å²) in [5.41, 5.74) is 0.917. The van der Waals surface area contributed by atoms with Crippen LogP contribution in [0.15, 0.2) is 0 Å². The maximum Gasteiger partial charge on any atom is 0.0596 e. The molecule has 0 saturated heterocycles. The van der Waals surface area contributed by atoms with Gasteiger partial charge in [0.15, 0.2) is 0 Å². The van der Waals surface area contributed by atoms with E-state index in [9.17, 15) is 5.11 Å². The average Bonchev–Trinajstić information content (AvgIpc) is 2.10. The van der Waals surface area contributed by atoms with Crippen molar-refractivity contribution in [3.8, 4) is 0 Å². The summed E-state index contributed by atoms with van der Waals surface area (Å²) in [7, 11) is -1.06. The monoisotopic (exact) mass is 224 g/mol. The van der Waals surface area contributed by atoms with Crippen LogP contribution in [0, 0.1) is 23.7 Å². The molecule has 0 heterocycles. The van der Waals surface area contributed by atoms with E-state index in [1.807, 2.05) is 0 Å². The minimum Gasteiger partial charge on any atom is -0.393 e. The lowest BCUT2D eigenvalue weighted by atomic mass is 9.54. The second-order valence-electron chi connectivity index (χ2n) is 7.38. The predicted molar refractivity (Wildman–Crippen MR) is 65.5 cm³/mol. The van der Waals surface area contributed by atoms with Gasteiger partial charge in [0.2, 0.25) is 0 Å². The fourth-order valence-electron chi connectivity index (χ4n) is 5.23. The van der Waals surface area contributed by atoms with E-state index in [0.717, 1.165) is 17.4 Å². The molecule has 1 nitrogen and oxygen atoms in total. The third kappa shape index (κ3) is 1.44. The van der Waals surface area contributed by atoms with Crippen molar-refractivity contribution in [2.75, 3.05) is 0 Å². The molecule has 2 heteroatoms. The molecule has 0 aromatic rings. The van der Waals surface area contributed by atoms with Gasteiger partial charge in [-0.2, -0.15) is 0 Å². The number of hydrogen-bond acceptors (Lipinski definition) is 1. The van der Waals surface area contributed by atoms with Gasteiger partial charge in [0, 0.05) is 8.07 Å². The van der Waals surface area contributed by atoms with Crippen LogP contribution in [0.5, 0.6) is 0 Å². The van der Waals surface area contributed by atoms with Gasteiger partial charge in [-0.15, -0.1) is 0 Å². The molecule has 4 unspecified atom stereocenters. The Morgan fingerprint density at radius 3 is 2.27 bits per heavy atom. The maximum absolute atomic E-state index is 10.4. The zero-order valence-electron chi connectivity index (χ0n) is 10.2. The Morgan fingerprint density at radius 1 is 0.933 bits per heavy atom. The molecule has 0 radical (unpaired) electrons. The van der Waals surface area contributed by atoms with Gasteiger partial charge in [-0.05, 0) is 54.9 Å². The molecule has 0 aromatic carbocycles. The lowest BCUT2D eigenvalue weighted by molar-refractivity contribution is -0.0930. The van der Waals surface area contributed by atoms with Crippen molar-refractivity contribution < 1.29 is 5.11 Å². The van der Waals surface area contributed by atoms with E-state index < -0.39 is 8.07 Å². The van der Waals surface area contributed by atoms with Crippen LogP contribution in [-0.4, -0.2) is 19.3 Å². The number of aliphatic hydroxyl groups is 1. The molecule has 0 aromatic heterocycles. The van der Waals surface area contributed by atoms with E-state index >= 15 is 0 Å². The van der Waals surface area contributed by atoms with Crippen molar-refractivity contribution >= 4 is 8.07 Å². The van der Waals surface area contributed by atoms with Crippen LogP contribution in [0.4, 0.5) is 0 Å².